The summed E-state index contributed by atoms with van der Waals surface area (Å²) in [5.74, 6) is 0.268. The summed E-state index contributed by atoms with van der Waals surface area (Å²) in [5, 5.41) is 2.90. The molecule has 1 amide bonds. The van der Waals surface area contributed by atoms with Crippen molar-refractivity contribution < 1.29 is 13.2 Å². The van der Waals surface area contributed by atoms with Gasteiger partial charge >= 0.3 is 0 Å². The number of nitrogens with zero attached hydrogens (tertiary/aromatic N) is 1. The summed E-state index contributed by atoms with van der Waals surface area (Å²) in [6.07, 6.45) is 0.612. The summed E-state index contributed by atoms with van der Waals surface area (Å²) in [4.78, 5) is 14.2. The maximum absolute atomic E-state index is 12.2. The number of aryl methyl sites for hydroxylation is 1. The van der Waals surface area contributed by atoms with Crippen LogP contribution in [0, 0.1) is 6.92 Å². The first kappa shape index (κ1) is 17.4. The fourth-order valence-corrected chi connectivity index (χ4v) is 4.94. The minimum absolute atomic E-state index is 0.0493. The van der Waals surface area contributed by atoms with Crippen LogP contribution in [0.2, 0.25) is 0 Å². The molecule has 7 heteroatoms. The van der Waals surface area contributed by atoms with Gasteiger partial charge < -0.3 is 5.32 Å². The lowest BCUT2D eigenvalue weighted by Crippen LogP contribution is -2.41. The maximum Gasteiger partial charge on any atom is 0.238 e. The van der Waals surface area contributed by atoms with Gasteiger partial charge in [-0.1, -0.05) is 22.9 Å². The summed E-state index contributed by atoms with van der Waals surface area (Å²) in [5.41, 5.74) is 1.76. The second-order valence-corrected chi connectivity index (χ2v) is 8.77. The molecule has 1 fully saturated rings. The van der Waals surface area contributed by atoms with E-state index < -0.39 is 9.84 Å². The molecule has 2 rings (SSSR count). The van der Waals surface area contributed by atoms with Gasteiger partial charge in [0, 0.05) is 16.2 Å². The number of sulfone groups is 1. The third kappa shape index (κ3) is 4.54. The van der Waals surface area contributed by atoms with Gasteiger partial charge in [-0.25, -0.2) is 8.42 Å². The topological polar surface area (TPSA) is 66.5 Å². The van der Waals surface area contributed by atoms with E-state index in [1.807, 2.05) is 36.9 Å². The van der Waals surface area contributed by atoms with Crippen molar-refractivity contribution in [2.45, 2.75) is 26.3 Å². The Balaban J connectivity index is 1.98. The number of nitrogens with one attached hydrogen (secondary N) is 1. The molecular formula is C15H21BrN2O3S. The summed E-state index contributed by atoms with van der Waals surface area (Å²) in [6.45, 7) is 4.75. The Hall–Kier alpha value is -0.920. The summed E-state index contributed by atoms with van der Waals surface area (Å²) in [7, 11) is -2.94. The molecule has 1 aliphatic rings. The smallest absolute Gasteiger partial charge is 0.238 e. The first-order chi connectivity index (χ1) is 10.3. The first-order valence-corrected chi connectivity index (χ1v) is 9.92. The summed E-state index contributed by atoms with van der Waals surface area (Å²) >= 11 is 3.39. The number of halogens is 1. The fourth-order valence-electron chi connectivity index (χ4n) is 2.70. The lowest BCUT2D eigenvalue weighted by molar-refractivity contribution is -0.117. The van der Waals surface area contributed by atoms with Gasteiger partial charge in [0.2, 0.25) is 5.91 Å². The Morgan fingerprint density at radius 3 is 2.73 bits per heavy atom. The number of hydrogen-bond donors (Lipinski definition) is 1. The molecule has 0 bridgehead atoms. The van der Waals surface area contributed by atoms with E-state index in [4.69, 9.17) is 0 Å². The van der Waals surface area contributed by atoms with Crippen LogP contribution < -0.4 is 5.32 Å². The van der Waals surface area contributed by atoms with Gasteiger partial charge in [0.25, 0.3) is 0 Å². The monoisotopic (exact) mass is 388 g/mol. The zero-order chi connectivity index (χ0) is 16.3. The lowest BCUT2D eigenvalue weighted by atomic mass is 10.2. The molecule has 1 aromatic carbocycles. The van der Waals surface area contributed by atoms with Gasteiger partial charge in [-0.15, -0.1) is 0 Å². The number of carbonyl (C=O) groups is 1. The van der Waals surface area contributed by atoms with Crippen LogP contribution in [0.1, 0.15) is 18.9 Å². The third-order valence-corrected chi connectivity index (χ3v) is 6.18. The molecule has 0 radical (unpaired) electrons. The van der Waals surface area contributed by atoms with Gasteiger partial charge in [0.05, 0.1) is 18.1 Å². The summed E-state index contributed by atoms with van der Waals surface area (Å²) < 4.78 is 24.1. The van der Waals surface area contributed by atoms with Crippen molar-refractivity contribution in [2.75, 3.05) is 29.9 Å². The molecule has 5 nitrogen and oxygen atoms in total. The van der Waals surface area contributed by atoms with Crippen LogP contribution >= 0.6 is 15.9 Å². The van der Waals surface area contributed by atoms with E-state index in [0.717, 1.165) is 15.7 Å². The highest BCUT2D eigenvalue weighted by Crippen LogP contribution is 2.21. The second kappa shape index (κ2) is 7.10. The van der Waals surface area contributed by atoms with Crippen LogP contribution in [-0.4, -0.2) is 49.9 Å². The number of likely N-dealkylation sites (N-methyl/N-ethyl adjacent to an activating group) is 1. The average molecular weight is 389 g/mol. The number of anilines is 1. The van der Waals surface area contributed by atoms with Crippen molar-refractivity contribution in [3.63, 3.8) is 0 Å². The van der Waals surface area contributed by atoms with Crippen LogP contribution in [0.3, 0.4) is 0 Å². The molecule has 1 atom stereocenters. The molecule has 0 aliphatic carbocycles. The van der Waals surface area contributed by atoms with Crippen molar-refractivity contribution in [3.8, 4) is 0 Å². The molecule has 0 saturated carbocycles. The fraction of sp³-hybridized carbons (Fsp3) is 0.533. The first-order valence-electron chi connectivity index (χ1n) is 7.31. The van der Waals surface area contributed by atoms with E-state index in [1.54, 1.807) is 0 Å². The van der Waals surface area contributed by atoms with Crippen LogP contribution in [-0.2, 0) is 14.6 Å². The minimum Gasteiger partial charge on any atom is -0.325 e. The van der Waals surface area contributed by atoms with E-state index in [2.05, 4.69) is 21.2 Å². The number of rotatable bonds is 5. The SMILES string of the molecule is CCN(CC(=O)Nc1ccc(Br)cc1C)C1CCS(=O)(=O)C1. The number of carbonyl (C=O) groups excluding carboxylic acids is 1. The normalized spacial score (nSPS) is 20.3. The highest BCUT2D eigenvalue weighted by Gasteiger charge is 2.32. The Kier molecular flexibility index (Phi) is 5.63. The predicted octanol–water partition coefficient (Wildman–Crippen LogP) is 2.21. The van der Waals surface area contributed by atoms with Crippen molar-refractivity contribution >= 4 is 37.4 Å². The molecule has 0 aromatic heterocycles. The quantitative estimate of drug-likeness (QED) is 0.839. The van der Waals surface area contributed by atoms with E-state index in [9.17, 15) is 13.2 Å². The average Bonchev–Trinajstić information content (AvgIpc) is 2.79. The van der Waals surface area contributed by atoms with Crippen LogP contribution in [0.15, 0.2) is 22.7 Å². The Bertz CT molecular complexity index is 661. The van der Waals surface area contributed by atoms with Gasteiger partial charge in [-0.3, -0.25) is 9.69 Å². The Morgan fingerprint density at radius 1 is 1.45 bits per heavy atom. The minimum atomic E-state index is -2.94. The molecule has 1 aliphatic heterocycles. The van der Waals surface area contributed by atoms with Gasteiger partial charge in [-0.05, 0) is 43.7 Å². The number of amides is 1. The van der Waals surface area contributed by atoms with Crippen LogP contribution in [0.25, 0.3) is 0 Å². The van der Waals surface area contributed by atoms with Gasteiger partial charge in [0.1, 0.15) is 0 Å². The molecule has 0 spiro atoms. The lowest BCUT2D eigenvalue weighted by Gasteiger charge is -2.25. The molecule has 1 aromatic rings. The van der Waals surface area contributed by atoms with E-state index in [1.165, 1.54) is 0 Å². The highest BCUT2D eigenvalue weighted by molar-refractivity contribution is 9.10. The number of benzene rings is 1. The molecule has 22 heavy (non-hydrogen) atoms. The Morgan fingerprint density at radius 2 is 2.18 bits per heavy atom. The second-order valence-electron chi connectivity index (χ2n) is 5.63. The molecule has 122 valence electrons. The third-order valence-electron chi connectivity index (χ3n) is 3.94. The zero-order valence-electron chi connectivity index (χ0n) is 12.8. The van der Waals surface area contributed by atoms with Crippen molar-refractivity contribution in [2.24, 2.45) is 0 Å². The molecule has 1 unspecified atom stereocenters. The van der Waals surface area contributed by atoms with Crippen LogP contribution in [0.4, 0.5) is 5.69 Å². The van der Waals surface area contributed by atoms with Crippen molar-refractivity contribution in [1.82, 2.24) is 4.90 Å². The highest BCUT2D eigenvalue weighted by atomic mass is 79.9. The van der Waals surface area contributed by atoms with E-state index in [-0.39, 0.29) is 30.0 Å². The Labute approximate surface area is 140 Å². The van der Waals surface area contributed by atoms with Gasteiger partial charge in [-0.2, -0.15) is 0 Å². The molecular weight excluding hydrogens is 368 g/mol. The van der Waals surface area contributed by atoms with Crippen LogP contribution in [0.5, 0.6) is 0 Å². The van der Waals surface area contributed by atoms with Crippen molar-refractivity contribution in [1.29, 1.82) is 0 Å². The summed E-state index contributed by atoms with van der Waals surface area (Å²) in [6, 6.07) is 5.63. The van der Waals surface area contributed by atoms with Gasteiger partial charge in [0.15, 0.2) is 9.84 Å². The number of hydrogen-bond acceptors (Lipinski definition) is 4. The largest absolute Gasteiger partial charge is 0.325 e. The molecule has 1 heterocycles. The maximum atomic E-state index is 12.2. The standard InChI is InChI=1S/C15H21BrN2O3S/c1-3-18(13-6-7-22(20,21)10-13)9-15(19)17-14-5-4-12(16)8-11(14)2/h4-5,8,13H,3,6-7,9-10H2,1-2H3,(H,17,19). The predicted molar refractivity (Wildman–Crippen MR) is 91.8 cm³/mol. The zero-order valence-corrected chi connectivity index (χ0v) is 15.2. The van der Waals surface area contributed by atoms with Crippen molar-refractivity contribution in [3.05, 3.63) is 28.2 Å². The molecule has 1 N–H and O–H groups in total. The van der Waals surface area contributed by atoms with E-state index >= 15 is 0 Å². The molecule has 1 saturated heterocycles. The van der Waals surface area contributed by atoms with E-state index in [0.29, 0.717) is 13.0 Å².